The van der Waals surface area contributed by atoms with E-state index in [0.717, 1.165) is 11.3 Å². The summed E-state index contributed by atoms with van der Waals surface area (Å²) in [5, 5.41) is 0. The van der Waals surface area contributed by atoms with Crippen LogP contribution in [0, 0.1) is 19.3 Å². The van der Waals surface area contributed by atoms with Gasteiger partial charge in [0.05, 0.1) is 11.3 Å². The topological polar surface area (TPSA) is 50.5 Å². The van der Waals surface area contributed by atoms with Crippen molar-refractivity contribution in [1.29, 1.82) is 0 Å². The molecule has 0 saturated heterocycles. The fourth-order valence-corrected chi connectivity index (χ4v) is 3.92. The van der Waals surface area contributed by atoms with Gasteiger partial charge < -0.3 is 4.42 Å². The monoisotopic (exact) mass is 345 g/mol. The van der Waals surface area contributed by atoms with Gasteiger partial charge in [0.25, 0.3) is 0 Å². The van der Waals surface area contributed by atoms with Crippen molar-refractivity contribution in [2.45, 2.75) is 38.5 Å². The molecule has 0 aliphatic heterocycles. The van der Waals surface area contributed by atoms with Crippen LogP contribution in [0.2, 0.25) is 0 Å². The van der Waals surface area contributed by atoms with Crippen LogP contribution in [0.1, 0.15) is 43.9 Å². The number of terminal acetylenes is 1. The standard InChI is InChI=1S/C19H23NO3S/c1-6-14-20(24(21,22)19(3,4)5)18(16-10-8-7-9-11-16)17-13-12-15(2)23-17/h1,7-13,18H,14H2,2-5H3/t18-/m0/s1. The summed E-state index contributed by atoms with van der Waals surface area (Å²) in [7, 11) is -3.66. The fraction of sp³-hybridized carbons (Fsp3) is 0.368. The molecule has 0 saturated carbocycles. The lowest BCUT2D eigenvalue weighted by atomic mass is 10.0. The highest BCUT2D eigenvalue weighted by Crippen LogP contribution is 2.35. The molecule has 1 heterocycles. The van der Waals surface area contributed by atoms with Gasteiger partial charge in [0.1, 0.15) is 17.6 Å². The first kappa shape index (κ1) is 18.3. The van der Waals surface area contributed by atoms with E-state index in [-0.39, 0.29) is 6.54 Å². The van der Waals surface area contributed by atoms with Crippen LogP contribution in [0.4, 0.5) is 0 Å². The van der Waals surface area contributed by atoms with Crippen molar-refractivity contribution in [3.63, 3.8) is 0 Å². The average molecular weight is 345 g/mol. The first-order valence-corrected chi connectivity index (χ1v) is 9.18. The molecule has 0 bridgehead atoms. The molecule has 4 nitrogen and oxygen atoms in total. The predicted octanol–water partition coefficient (Wildman–Crippen LogP) is 3.74. The molecule has 5 heteroatoms. The molecule has 2 rings (SSSR count). The third-order valence-electron chi connectivity index (χ3n) is 3.76. The zero-order chi connectivity index (χ0) is 18.0. The number of benzene rings is 1. The zero-order valence-corrected chi connectivity index (χ0v) is 15.3. The summed E-state index contributed by atoms with van der Waals surface area (Å²) in [6.07, 6.45) is 5.48. The minimum absolute atomic E-state index is 0.0289. The van der Waals surface area contributed by atoms with Crippen LogP contribution in [-0.2, 0) is 10.0 Å². The van der Waals surface area contributed by atoms with Gasteiger partial charge in [-0.25, -0.2) is 8.42 Å². The van der Waals surface area contributed by atoms with E-state index in [1.807, 2.05) is 43.3 Å². The number of sulfonamides is 1. The van der Waals surface area contributed by atoms with Crippen LogP contribution in [-0.4, -0.2) is 24.0 Å². The van der Waals surface area contributed by atoms with Crippen molar-refractivity contribution >= 4 is 10.0 Å². The highest BCUT2D eigenvalue weighted by molar-refractivity contribution is 7.90. The maximum atomic E-state index is 13.1. The molecular formula is C19H23NO3S. The van der Waals surface area contributed by atoms with Crippen molar-refractivity contribution in [1.82, 2.24) is 4.31 Å². The normalized spacial score (nSPS) is 13.7. The van der Waals surface area contributed by atoms with Crippen molar-refractivity contribution in [2.24, 2.45) is 0 Å². The Morgan fingerprint density at radius 1 is 1.17 bits per heavy atom. The van der Waals surface area contributed by atoms with Crippen molar-refractivity contribution in [3.05, 3.63) is 59.5 Å². The number of hydrogen-bond donors (Lipinski definition) is 0. The van der Waals surface area contributed by atoms with Crippen LogP contribution in [0.3, 0.4) is 0 Å². The smallest absolute Gasteiger partial charge is 0.220 e. The van der Waals surface area contributed by atoms with Gasteiger partial charge in [0.15, 0.2) is 0 Å². The van der Waals surface area contributed by atoms with E-state index < -0.39 is 20.8 Å². The Balaban J connectivity index is 2.66. The molecule has 0 fully saturated rings. The summed E-state index contributed by atoms with van der Waals surface area (Å²) in [6.45, 7) is 6.80. The summed E-state index contributed by atoms with van der Waals surface area (Å²) in [4.78, 5) is 0. The van der Waals surface area contributed by atoms with Gasteiger partial charge in [-0.15, -0.1) is 6.42 Å². The lowest BCUT2D eigenvalue weighted by Crippen LogP contribution is -2.45. The second-order valence-corrected chi connectivity index (χ2v) is 9.27. The average Bonchev–Trinajstić information content (AvgIpc) is 2.93. The van der Waals surface area contributed by atoms with Gasteiger partial charge in [-0.05, 0) is 45.4 Å². The largest absolute Gasteiger partial charge is 0.464 e. The second kappa shape index (κ2) is 6.84. The summed E-state index contributed by atoms with van der Waals surface area (Å²) >= 11 is 0. The number of aryl methyl sites for hydroxylation is 1. The Morgan fingerprint density at radius 3 is 2.25 bits per heavy atom. The van der Waals surface area contributed by atoms with Crippen molar-refractivity contribution in [2.75, 3.05) is 6.54 Å². The van der Waals surface area contributed by atoms with Gasteiger partial charge in [-0.3, -0.25) is 0 Å². The van der Waals surface area contributed by atoms with Crippen LogP contribution in [0.5, 0.6) is 0 Å². The van der Waals surface area contributed by atoms with E-state index in [2.05, 4.69) is 5.92 Å². The highest BCUT2D eigenvalue weighted by Gasteiger charge is 2.41. The van der Waals surface area contributed by atoms with E-state index in [1.54, 1.807) is 26.8 Å². The van der Waals surface area contributed by atoms with Crippen LogP contribution in [0.25, 0.3) is 0 Å². The Labute approximate surface area is 144 Å². The zero-order valence-electron chi connectivity index (χ0n) is 14.5. The van der Waals surface area contributed by atoms with Crippen molar-refractivity contribution < 1.29 is 12.8 Å². The molecule has 0 aliphatic carbocycles. The molecule has 128 valence electrons. The van der Waals surface area contributed by atoms with E-state index in [1.165, 1.54) is 4.31 Å². The van der Waals surface area contributed by atoms with Gasteiger partial charge in [-0.2, -0.15) is 4.31 Å². The van der Waals surface area contributed by atoms with Gasteiger partial charge >= 0.3 is 0 Å². The summed E-state index contributed by atoms with van der Waals surface area (Å²) in [5.41, 5.74) is 0.815. The molecule has 0 N–H and O–H groups in total. The molecule has 0 aliphatic rings. The van der Waals surface area contributed by atoms with Crippen LogP contribution >= 0.6 is 0 Å². The molecule has 1 aromatic heterocycles. The SMILES string of the molecule is C#CCN([C@@H](c1ccccc1)c1ccc(C)o1)S(=O)(=O)C(C)(C)C. The summed E-state index contributed by atoms with van der Waals surface area (Å²) in [5.74, 6) is 3.76. The molecular weight excluding hydrogens is 322 g/mol. The third kappa shape index (κ3) is 3.55. The Hall–Kier alpha value is -2.03. The predicted molar refractivity (Wildman–Crippen MR) is 95.9 cm³/mol. The molecule has 1 aromatic carbocycles. The number of furan rings is 1. The number of nitrogens with zero attached hydrogens (tertiary/aromatic N) is 1. The van der Waals surface area contributed by atoms with E-state index in [4.69, 9.17) is 10.8 Å². The maximum Gasteiger partial charge on any atom is 0.220 e. The molecule has 2 aromatic rings. The van der Waals surface area contributed by atoms with E-state index in [0.29, 0.717) is 5.76 Å². The second-order valence-electron chi connectivity index (χ2n) is 6.63. The molecule has 0 spiro atoms. The lowest BCUT2D eigenvalue weighted by molar-refractivity contribution is 0.327. The third-order valence-corrected chi connectivity index (χ3v) is 6.27. The number of hydrogen-bond acceptors (Lipinski definition) is 3. The molecule has 0 radical (unpaired) electrons. The summed E-state index contributed by atoms with van der Waals surface area (Å²) < 4.78 is 32.4. The van der Waals surface area contributed by atoms with Gasteiger partial charge in [0, 0.05) is 0 Å². The van der Waals surface area contributed by atoms with Crippen LogP contribution in [0.15, 0.2) is 46.9 Å². The molecule has 24 heavy (non-hydrogen) atoms. The quantitative estimate of drug-likeness (QED) is 0.776. The van der Waals surface area contributed by atoms with E-state index >= 15 is 0 Å². The first-order chi connectivity index (χ1) is 11.2. The Morgan fingerprint density at radius 2 is 1.79 bits per heavy atom. The number of rotatable bonds is 5. The Bertz CT molecular complexity index is 823. The highest BCUT2D eigenvalue weighted by atomic mass is 32.2. The maximum absolute atomic E-state index is 13.1. The minimum atomic E-state index is -3.66. The first-order valence-electron chi connectivity index (χ1n) is 7.74. The summed E-state index contributed by atoms with van der Waals surface area (Å²) in [6, 6.07) is 12.4. The van der Waals surface area contributed by atoms with Gasteiger partial charge in [0.2, 0.25) is 10.0 Å². The lowest BCUT2D eigenvalue weighted by Gasteiger charge is -2.34. The fourth-order valence-electron chi connectivity index (χ4n) is 2.46. The molecule has 0 unspecified atom stereocenters. The van der Waals surface area contributed by atoms with Crippen LogP contribution < -0.4 is 0 Å². The van der Waals surface area contributed by atoms with Gasteiger partial charge in [-0.1, -0.05) is 36.3 Å². The Kier molecular flexibility index (Phi) is 5.22. The van der Waals surface area contributed by atoms with E-state index in [9.17, 15) is 8.42 Å². The molecule has 1 atom stereocenters. The van der Waals surface area contributed by atoms with Crippen molar-refractivity contribution in [3.8, 4) is 12.3 Å². The molecule has 0 amide bonds. The minimum Gasteiger partial charge on any atom is -0.464 e.